The van der Waals surface area contributed by atoms with Gasteiger partial charge in [0.2, 0.25) is 29.5 Å². The molecule has 0 spiro atoms. The van der Waals surface area contributed by atoms with E-state index in [1.54, 1.807) is 6.26 Å². The zero-order chi connectivity index (χ0) is 28.5. The van der Waals surface area contributed by atoms with Gasteiger partial charge < -0.3 is 49.7 Å². The molecule has 37 heavy (non-hydrogen) atoms. The van der Waals surface area contributed by atoms with Gasteiger partial charge in [-0.05, 0) is 37.7 Å². The van der Waals surface area contributed by atoms with Crippen molar-refractivity contribution >= 4 is 53.2 Å². The van der Waals surface area contributed by atoms with Gasteiger partial charge in [-0.2, -0.15) is 11.8 Å². The highest BCUT2D eigenvalue weighted by molar-refractivity contribution is 7.98. The fourth-order valence-electron chi connectivity index (χ4n) is 2.93. The van der Waals surface area contributed by atoms with Gasteiger partial charge in [0.05, 0.1) is 12.5 Å². The number of thioether (sulfide) groups is 1. The molecule has 0 aliphatic carbocycles. The van der Waals surface area contributed by atoms with Crippen LogP contribution >= 0.6 is 11.8 Å². The third-order valence-corrected chi connectivity index (χ3v) is 5.52. The number of hydrogen-bond donors (Lipinski definition) is 9. The Morgan fingerprint density at radius 1 is 0.811 bits per heavy atom. The van der Waals surface area contributed by atoms with Gasteiger partial charge >= 0.3 is 5.97 Å². The summed E-state index contributed by atoms with van der Waals surface area (Å²) in [6.45, 7) is 0.264. The van der Waals surface area contributed by atoms with Gasteiger partial charge in [0.25, 0.3) is 0 Å². The lowest BCUT2D eigenvalue weighted by molar-refractivity contribution is -0.142. The molecule has 4 atom stereocenters. The fraction of sp³-hybridized carbons (Fsp3) is 0.650. The number of amides is 5. The Labute approximate surface area is 218 Å². The number of nitrogens with two attached hydrogens (primary N) is 5. The van der Waals surface area contributed by atoms with E-state index < -0.39 is 66.1 Å². The van der Waals surface area contributed by atoms with Crippen molar-refractivity contribution in [2.45, 2.75) is 62.7 Å². The molecule has 0 aliphatic rings. The molecule has 0 aromatic carbocycles. The van der Waals surface area contributed by atoms with Crippen molar-refractivity contribution < 1.29 is 33.9 Å². The number of aliphatic imine (C=N–C) groups is 1. The van der Waals surface area contributed by atoms with Gasteiger partial charge in [-0.25, -0.2) is 4.79 Å². The van der Waals surface area contributed by atoms with Crippen LogP contribution in [0.4, 0.5) is 0 Å². The number of rotatable bonds is 19. The molecule has 0 saturated carbocycles. The molecule has 5 amide bonds. The number of nitrogens with one attached hydrogen (secondary N) is 3. The maximum atomic E-state index is 12.9. The molecule has 0 fully saturated rings. The van der Waals surface area contributed by atoms with E-state index >= 15 is 0 Å². The van der Waals surface area contributed by atoms with E-state index in [-0.39, 0.29) is 38.2 Å². The molecule has 0 heterocycles. The Hall–Kier alpha value is -3.60. The topological polar surface area (TPSA) is 301 Å². The Bertz CT molecular complexity index is 852. The second-order valence-corrected chi connectivity index (χ2v) is 9.02. The van der Waals surface area contributed by atoms with E-state index in [1.807, 2.05) is 0 Å². The van der Waals surface area contributed by atoms with Gasteiger partial charge in [0.15, 0.2) is 5.96 Å². The highest BCUT2D eigenvalue weighted by Crippen LogP contribution is 2.06. The standard InChI is InChI=1S/C20H37N9O7S/c1-37-8-6-11(27-16(32)10(21)3-2-7-26-20(24)25)17(33)29-13(9-15(23)31)18(34)28-12(19(35)36)4-5-14(22)30/h10-13H,2-9,21H2,1H3,(H2,22,30)(H2,23,31)(H,27,32)(H,28,34)(H,29,33)(H,35,36)(H4,24,25,26). The van der Waals surface area contributed by atoms with Crippen molar-refractivity contribution in [1.82, 2.24) is 16.0 Å². The maximum Gasteiger partial charge on any atom is 0.326 e. The summed E-state index contributed by atoms with van der Waals surface area (Å²) in [5, 5.41) is 16.3. The Morgan fingerprint density at radius 3 is 1.89 bits per heavy atom. The van der Waals surface area contributed by atoms with Gasteiger partial charge in [-0.15, -0.1) is 0 Å². The van der Waals surface area contributed by atoms with Gasteiger partial charge in [0, 0.05) is 13.0 Å². The van der Waals surface area contributed by atoms with E-state index in [9.17, 15) is 33.9 Å². The van der Waals surface area contributed by atoms with Crippen LogP contribution in [0.25, 0.3) is 0 Å². The zero-order valence-corrected chi connectivity index (χ0v) is 21.4. The first kappa shape index (κ1) is 33.4. The van der Waals surface area contributed by atoms with Crippen molar-refractivity contribution in [3.8, 4) is 0 Å². The van der Waals surface area contributed by atoms with Crippen LogP contribution < -0.4 is 44.6 Å². The van der Waals surface area contributed by atoms with Crippen molar-refractivity contribution in [3.63, 3.8) is 0 Å². The molecule has 0 rings (SSSR count). The maximum absolute atomic E-state index is 12.9. The van der Waals surface area contributed by atoms with Crippen LogP contribution in [0.3, 0.4) is 0 Å². The first-order valence-electron chi connectivity index (χ1n) is 11.3. The first-order valence-corrected chi connectivity index (χ1v) is 12.7. The van der Waals surface area contributed by atoms with Crippen LogP contribution in [0.5, 0.6) is 0 Å². The molecule has 0 radical (unpaired) electrons. The van der Waals surface area contributed by atoms with Crippen molar-refractivity contribution in [2.75, 3.05) is 18.6 Å². The SMILES string of the molecule is CSCCC(NC(=O)C(N)CCCN=C(N)N)C(=O)NC(CC(N)=O)C(=O)NC(CCC(N)=O)C(=O)O. The molecule has 0 aliphatic heterocycles. The number of primary amides is 2. The minimum absolute atomic E-state index is 0.0936. The van der Waals surface area contributed by atoms with Gasteiger partial charge in [-0.3, -0.25) is 29.0 Å². The number of carboxylic acids is 1. The summed E-state index contributed by atoms with van der Waals surface area (Å²) < 4.78 is 0. The number of nitrogens with zero attached hydrogens (tertiary/aromatic N) is 1. The Morgan fingerprint density at radius 2 is 1.38 bits per heavy atom. The third kappa shape index (κ3) is 15.2. The molecular weight excluding hydrogens is 510 g/mol. The summed E-state index contributed by atoms with van der Waals surface area (Å²) in [6, 6.07) is -5.12. The van der Waals surface area contributed by atoms with Crippen LogP contribution in [0, 0.1) is 0 Å². The van der Waals surface area contributed by atoms with E-state index in [2.05, 4.69) is 20.9 Å². The number of carbonyl (C=O) groups excluding carboxylic acids is 5. The number of hydrogen-bond acceptors (Lipinski definition) is 9. The van der Waals surface area contributed by atoms with E-state index in [1.165, 1.54) is 11.8 Å². The van der Waals surface area contributed by atoms with Crippen LogP contribution in [-0.4, -0.2) is 89.3 Å². The number of carbonyl (C=O) groups is 6. The summed E-state index contributed by atoms with van der Waals surface area (Å²) >= 11 is 1.40. The van der Waals surface area contributed by atoms with Crippen LogP contribution in [-0.2, 0) is 28.8 Å². The van der Waals surface area contributed by atoms with Crippen LogP contribution in [0.1, 0.15) is 38.5 Å². The highest BCUT2D eigenvalue weighted by atomic mass is 32.2. The van der Waals surface area contributed by atoms with Gasteiger partial charge in [0.1, 0.15) is 18.1 Å². The lowest BCUT2D eigenvalue weighted by Crippen LogP contribution is -2.57. The summed E-state index contributed by atoms with van der Waals surface area (Å²) in [4.78, 5) is 75.9. The first-order chi connectivity index (χ1) is 17.3. The average Bonchev–Trinajstić information content (AvgIpc) is 2.80. The molecular formula is C20H37N9O7S. The zero-order valence-electron chi connectivity index (χ0n) is 20.6. The number of aliphatic carboxylic acids is 1. The molecule has 0 bridgehead atoms. The monoisotopic (exact) mass is 547 g/mol. The predicted octanol–water partition coefficient (Wildman–Crippen LogP) is -4.20. The third-order valence-electron chi connectivity index (χ3n) is 4.88. The molecule has 0 saturated heterocycles. The quantitative estimate of drug-likeness (QED) is 0.0424. The second-order valence-electron chi connectivity index (χ2n) is 8.03. The van der Waals surface area contributed by atoms with Crippen molar-refractivity contribution in [3.05, 3.63) is 0 Å². The molecule has 16 nitrogen and oxygen atoms in total. The molecule has 0 aromatic heterocycles. The van der Waals surface area contributed by atoms with Crippen LogP contribution in [0.15, 0.2) is 4.99 Å². The smallest absolute Gasteiger partial charge is 0.326 e. The van der Waals surface area contributed by atoms with Crippen molar-refractivity contribution in [1.29, 1.82) is 0 Å². The fourth-order valence-corrected chi connectivity index (χ4v) is 3.40. The molecule has 14 N–H and O–H groups in total. The molecule has 210 valence electrons. The molecule has 17 heteroatoms. The van der Waals surface area contributed by atoms with E-state index in [4.69, 9.17) is 28.7 Å². The average molecular weight is 548 g/mol. The molecule has 0 aromatic rings. The lowest BCUT2D eigenvalue weighted by Gasteiger charge is -2.24. The highest BCUT2D eigenvalue weighted by Gasteiger charge is 2.31. The summed E-state index contributed by atoms with van der Waals surface area (Å²) in [5.41, 5.74) is 26.6. The largest absolute Gasteiger partial charge is 0.480 e. The summed E-state index contributed by atoms with van der Waals surface area (Å²) in [7, 11) is 0. The Kier molecular flexibility index (Phi) is 16.0. The minimum atomic E-state index is -1.54. The lowest BCUT2D eigenvalue weighted by atomic mass is 10.1. The van der Waals surface area contributed by atoms with Crippen molar-refractivity contribution in [2.24, 2.45) is 33.7 Å². The summed E-state index contributed by atoms with van der Waals surface area (Å²) in [6.07, 6.45) is 1.32. The van der Waals surface area contributed by atoms with E-state index in [0.29, 0.717) is 12.2 Å². The van der Waals surface area contributed by atoms with Crippen LogP contribution in [0.2, 0.25) is 0 Å². The van der Waals surface area contributed by atoms with E-state index in [0.717, 1.165) is 0 Å². The summed E-state index contributed by atoms with van der Waals surface area (Å²) in [5.74, 6) is -5.25. The second kappa shape index (κ2) is 17.8. The Balaban J connectivity index is 5.40. The number of guanidine groups is 1. The number of carboxylic acid groups (broad SMARTS) is 1. The van der Waals surface area contributed by atoms with Gasteiger partial charge in [-0.1, -0.05) is 0 Å². The predicted molar refractivity (Wildman–Crippen MR) is 137 cm³/mol. The normalized spacial score (nSPS) is 13.8. The minimum Gasteiger partial charge on any atom is -0.480 e. The molecule has 4 unspecified atom stereocenters.